The zero-order valence-electron chi connectivity index (χ0n) is 10.4. The summed E-state index contributed by atoms with van der Waals surface area (Å²) < 4.78 is 1.76. The minimum atomic E-state index is -0.470. The standard InChI is InChI=1S/C11H18N4O2/c1-4-9-13-6-7-15(9)8(3)10(16)14-11(17)12-5-2/h6-8H,4-5H2,1-3H3,(H2,12,14,16,17). The maximum absolute atomic E-state index is 11.8. The highest BCUT2D eigenvalue weighted by Gasteiger charge is 2.18. The molecule has 0 fully saturated rings. The lowest BCUT2D eigenvalue weighted by molar-refractivity contribution is -0.122. The summed E-state index contributed by atoms with van der Waals surface area (Å²) in [6.45, 7) is 5.97. The van der Waals surface area contributed by atoms with Crippen LogP contribution in [0.2, 0.25) is 0 Å². The molecule has 1 aromatic heterocycles. The van der Waals surface area contributed by atoms with Gasteiger partial charge in [0.05, 0.1) is 0 Å². The third kappa shape index (κ3) is 3.30. The maximum Gasteiger partial charge on any atom is 0.321 e. The van der Waals surface area contributed by atoms with E-state index >= 15 is 0 Å². The fourth-order valence-electron chi connectivity index (χ4n) is 1.52. The van der Waals surface area contributed by atoms with E-state index in [1.54, 1.807) is 30.8 Å². The first kappa shape index (κ1) is 13.2. The van der Waals surface area contributed by atoms with E-state index in [9.17, 15) is 9.59 Å². The number of hydrogen-bond donors (Lipinski definition) is 2. The van der Waals surface area contributed by atoms with E-state index in [2.05, 4.69) is 15.6 Å². The van der Waals surface area contributed by atoms with Gasteiger partial charge < -0.3 is 9.88 Å². The molecule has 0 bridgehead atoms. The van der Waals surface area contributed by atoms with Gasteiger partial charge in [0.1, 0.15) is 11.9 Å². The molecule has 0 saturated carbocycles. The number of nitrogens with zero attached hydrogens (tertiary/aromatic N) is 2. The number of nitrogens with one attached hydrogen (secondary N) is 2. The van der Waals surface area contributed by atoms with Gasteiger partial charge in [0.25, 0.3) is 5.91 Å². The molecule has 0 radical (unpaired) electrons. The Labute approximate surface area is 100 Å². The normalized spacial score (nSPS) is 11.9. The molecule has 3 amide bonds. The third-order valence-corrected chi connectivity index (χ3v) is 2.44. The van der Waals surface area contributed by atoms with Crippen molar-refractivity contribution < 1.29 is 9.59 Å². The quantitative estimate of drug-likeness (QED) is 0.816. The lowest BCUT2D eigenvalue weighted by atomic mass is 10.3. The Kier molecular flexibility index (Phi) is 4.68. The lowest BCUT2D eigenvalue weighted by Gasteiger charge is -2.15. The summed E-state index contributed by atoms with van der Waals surface area (Å²) in [4.78, 5) is 27.1. The molecule has 0 aromatic carbocycles. The van der Waals surface area contributed by atoms with Gasteiger partial charge in [-0.05, 0) is 13.8 Å². The fraction of sp³-hybridized carbons (Fsp3) is 0.545. The Morgan fingerprint density at radius 1 is 1.47 bits per heavy atom. The molecule has 6 nitrogen and oxygen atoms in total. The van der Waals surface area contributed by atoms with Crippen LogP contribution < -0.4 is 10.6 Å². The van der Waals surface area contributed by atoms with Crippen molar-refractivity contribution in [2.75, 3.05) is 6.54 Å². The zero-order valence-corrected chi connectivity index (χ0v) is 10.4. The molecule has 0 aliphatic heterocycles. The van der Waals surface area contributed by atoms with Crippen molar-refractivity contribution >= 4 is 11.9 Å². The maximum atomic E-state index is 11.8. The van der Waals surface area contributed by atoms with E-state index in [1.807, 2.05) is 6.92 Å². The highest BCUT2D eigenvalue weighted by molar-refractivity contribution is 5.96. The molecule has 1 aromatic rings. The number of aryl methyl sites for hydroxylation is 1. The minimum absolute atomic E-state index is 0.344. The van der Waals surface area contributed by atoms with Crippen LogP contribution in [0.15, 0.2) is 12.4 Å². The van der Waals surface area contributed by atoms with Gasteiger partial charge in [-0.1, -0.05) is 6.92 Å². The number of imide groups is 1. The van der Waals surface area contributed by atoms with Crippen LogP contribution in [0.3, 0.4) is 0 Å². The first-order valence-corrected chi connectivity index (χ1v) is 5.70. The van der Waals surface area contributed by atoms with Gasteiger partial charge in [0.15, 0.2) is 0 Å². The van der Waals surface area contributed by atoms with Crippen LogP contribution in [0.25, 0.3) is 0 Å². The van der Waals surface area contributed by atoms with Gasteiger partial charge in [-0.25, -0.2) is 9.78 Å². The Morgan fingerprint density at radius 3 is 2.76 bits per heavy atom. The molecule has 2 N–H and O–H groups in total. The van der Waals surface area contributed by atoms with Crippen molar-refractivity contribution in [3.63, 3.8) is 0 Å². The number of aromatic nitrogens is 2. The van der Waals surface area contributed by atoms with Crippen LogP contribution in [0.4, 0.5) is 4.79 Å². The molecule has 1 heterocycles. The Hall–Kier alpha value is -1.85. The molecular weight excluding hydrogens is 220 g/mol. The molecule has 0 aliphatic rings. The van der Waals surface area contributed by atoms with E-state index in [-0.39, 0.29) is 5.91 Å². The number of amides is 3. The molecule has 0 aliphatic carbocycles. The third-order valence-electron chi connectivity index (χ3n) is 2.44. The number of rotatable bonds is 4. The first-order chi connectivity index (χ1) is 8.10. The summed E-state index contributed by atoms with van der Waals surface area (Å²) in [6.07, 6.45) is 4.13. The first-order valence-electron chi connectivity index (χ1n) is 5.70. The van der Waals surface area contributed by atoms with Crippen LogP contribution in [-0.2, 0) is 11.2 Å². The highest BCUT2D eigenvalue weighted by atomic mass is 16.2. The van der Waals surface area contributed by atoms with Crippen LogP contribution in [0, 0.1) is 0 Å². The molecule has 6 heteroatoms. The van der Waals surface area contributed by atoms with E-state index in [0.717, 1.165) is 12.2 Å². The average molecular weight is 238 g/mol. The van der Waals surface area contributed by atoms with E-state index in [0.29, 0.717) is 6.54 Å². The van der Waals surface area contributed by atoms with Gasteiger partial charge in [-0.2, -0.15) is 0 Å². The molecule has 1 unspecified atom stereocenters. The second kappa shape index (κ2) is 6.03. The van der Waals surface area contributed by atoms with E-state index < -0.39 is 12.1 Å². The Bertz CT molecular complexity index is 400. The number of carbonyl (C=O) groups is 2. The van der Waals surface area contributed by atoms with Crippen molar-refractivity contribution in [3.05, 3.63) is 18.2 Å². The van der Waals surface area contributed by atoms with Gasteiger partial charge in [0, 0.05) is 25.4 Å². The fourth-order valence-corrected chi connectivity index (χ4v) is 1.52. The van der Waals surface area contributed by atoms with Crippen molar-refractivity contribution in [3.8, 4) is 0 Å². The summed E-state index contributed by atoms with van der Waals surface area (Å²) in [5.74, 6) is 0.479. The average Bonchev–Trinajstić information content (AvgIpc) is 2.76. The summed E-state index contributed by atoms with van der Waals surface area (Å²) in [6, 6.07) is -0.919. The van der Waals surface area contributed by atoms with Gasteiger partial charge in [-0.3, -0.25) is 10.1 Å². The monoisotopic (exact) mass is 238 g/mol. The predicted molar refractivity (Wildman–Crippen MR) is 63.5 cm³/mol. The SMILES string of the molecule is CCNC(=O)NC(=O)C(C)n1ccnc1CC. The molecule has 0 saturated heterocycles. The highest BCUT2D eigenvalue weighted by Crippen LogP contribution is 2.09. The van der Waals surface area contributed by atoms with Crippen molar-refractivity contribution in [2.45, 2.75) is 33.2 Å². The molecule has 0 spiro atoms. The van der Waals surface area contributed by atoms with Crippen molar-refractivity contribution in [2.24, 2.45) is 0 Å². The summed E-state index contributed by atoms with van der Waals surface area (Å²) in [5.41, 5.74) is 0. The topological polar surface area (TPSA) is 76.0 Å². The lowest BCUT2D eigenvalue weighted by Crippen LogP contribution is -2.42. The number of hydrogen-bond acceptors (Lipinski definition) is 3. The second-order valence-electron chi connectivity index (χ2n) is 3.63. The van der Waals surface area contributed by atoms with Gasteiger partial charge in [-0.15, -0.1) is 0 Å². The largest absolute Gasteiger partial charge is 0.338 e. The summed E-state index contributed by atoms with van der Waals surface area (Å²) >= 11 is 0. The molecule has 1 rings (SSSR count). The van der Waals surface area contributed by atoms with Crippen LogP contribution in [0.1, 0.15) is 32.6 Å². The second-order valence-corrected chi connectivity index (χ2v) is 3.63. The molecular formula is C11H18N4O2. The van der Waals surface area contributed by atoms with Gasteiger partial charge >= 0.3 is 6.03 Å². The number of urea groups is 1. The molecule has 17 heavy (non-hydrogen) atoms. The smallest absolute Gasteiger partial charge is 0.321 e. The predicted octanol–water partition coefficient (Wildman–Crippen LogP) is 0.852. The Balaban J connectivity index is 2.67. The van der Waals surface area contributed by atoms with Crippen molar-refractivity contribution in [1.82, 2.24) is 20.2 Å². The number of carbonyl (C=O) groups excluding carboxylic acids is 2. The Morgan fingerprint density at radius 2 is 2.18 bits per heavy atom. The van der Waals surface area contributed by atoms with Crippen LogP contribution in [-0.4, -0.2) is 28.0 Å². The van der Waals surface area contributed by atoms with Crippen LogP contribution in [0.5, 0.6) is 0 Å². The minimum Gasteiger partial charge on any atom is -0.338 e. The van der Waals surface area contributed by atoms with Crippen molar-refractivity contribution in [1.29, 1.82) is 0 Å². The molecule has 1 atom stereocenters. The van der Waals surface area contributed by atoms with E-state index in [1.165, 1.54) is 0 Å². The molecule has 94 valence electrons. The zero-order chi connectivity index (χ0) is 12.8. The summed E-state index contributed by atoms with van der Waals surface area (Å²) in [7, 11) is 0. The number of imidazole rings is 1. The van der Waals surface area contributed by atoms with Crippen LogP contribution >= 0.6 is 0 Å². The van der Waals surface area contributed by atoms with Gasteiger partial charge in [0.2, 0.25) is 0 Å². The summed E-state index contributed by atoms with van der Waals surface area (Å²) in [5, 5.41) is 4.79. The van der Waals surface area contributed by atoms with E-state index in [4.69, 9.17) is 0 Å².